The van der Waals surface area contributed by atoms with E-state index in [1.165, 1.54) is 0 Å². The first-order chi connectivity index (χ1) is 8.58. The zero-order chi connectivity index (χ0) is 13.4. The average molecular weight is 275 g/mol. The molecule has 18 heavy (non-hydrogen) atoms. The van der Waals surface area contributed by atoms with Crippen molar-refractivity contribution in [1.29, 1.82) is 0 Å². The normalized spacial score (nSPS) is 18.8. The van der Waals surface area contributed by atoms with Gasteiger partial charge in [-0.15, -0.1) is 0 Å². The third-order valence-corrected chi connectivity index (χ3v) is 3.56. The van der Waals surface area contributed by atoms with E-state index in [0.717, 1.165) is 24.3 Å². The third-order valence-electron chi connectivity index (χ3n) is 2.34. The number of hydrogen-bond donors (Lipinski definition) is 4. The molecular weight excluding hydrogens is 258 g/mol. The molecule has 0 saturated carbocycles. The Hall–Kier alpha value is -1.44. The Labute approximate surface area is 109 Å². The largest absolute Gasteiger partial charge is 0.480 e. The Morgan fingerprint density at radius 1 is 1.22 bits per heavy atom. The molecule has 1 atom stereocenters. The van der Waals surface area contributed by atoms with Crippen LogP contribution in [0.3, 0.4) is 0 Å². The predicted molar refractivity (Wildman–Crippen MR) is 67.5 cm³/mol. The van der Waals surface area contributed by atoms with Crippen LogP contribution in [0.2, 0.25) is 0 Å². The first-order valence-electron chi connectivity index (χ1n) is 5.68. The van der Waals surface area contributed by atoms with E-state index >= 15 is 0 Å². The van der Waals surface area contributed by atoms with Gasteiger partial charge in [0.05, 0.1) is 6.54 Å². The summed E-state index contributed by atoms with van der Waals surface area (Å²) in [6.07, 6.45) is 2.03. The second kappa shape index (κ2) is 7.80. The number of aliphatic carboxylic acids is 1. The molecule has 0 aromatic rings. The van der Waals surface area contributed by atoms with Crippen molar-refractivity contribution >= 4 is 29.7 Å². The number of carbonyl (C=O) groups is 3. The fraction of sp³-hybridized carbons (Fsp3) is 0.700. The number of carbonyl (C=O) groups excluding carboxylic acids is 2. The van der Waals surface area contributed by atoms with Gasteiger partial charge in [-0.25, -0.2) is 4.79 Å². The van der Waals surface area contributed by atoms with Crippen LogP contribution in [-0.4, -0.2) is 53.7 Å². The highest BCUT2D eigenvalue weighted by molar-refractivity contribution is 7.99. The van der Waals surface area contributed by atoms with E-state index in [-0.39, 0.29) is 12.6 Å². The maximum Gasteiger partial charge on any atom is 0.322 e. The van der Waals surface area contributed by atoms with Gasteiger partial charge < -0.3 is 21.1 Å². The molecule has 1 heterocycles. The van der Waals surface area contributed by atoms with Crippen LogP contribution in [-0.2, 0) is 9.59 Å². The fourth-order valence-corrected chi connectivity index (χ4v) is 2.56. The number of nitrogens with one attached hydrogen (secondary N) is 3. The molecule has 1 unspecified atom stereocenters. The number of hydrogen-bond acceptors (Lipinski definition) is 4. The van der Waals surface area contributed by atoms with Crippen molar-refractivity contribution in [1.82, 2.24) is 16.0 Å². The van der Waals surface area contributed by atoms with Gasteiger partial charge in [0, 0.05) is 11.8 Å². The molecule has 3 amide bonds. The molecule has 8 heteroatoms. The minimum Gasteiger partial charge on any atom is -0.480 e. The zero-order valence-electron chi connectivity index (χ0n) is 9.90. The van der Waals surface area contributed by atoms with Crippen LogP contribution >= 0.6 is 11.8 Å². The highest BCUT2D eigenvalue weighted by Crippen LogP contribution is 2.16. The van der Waals surface area contributed by atoms with Crippen molar-refractivity contribution < 1.29 is 19.5 Å². The van der Waals surface area contributed by atoms with Gasteiger partial charge in [-0.3, -0.25) is 9.59 Å². The van der Waals surface area contributed by atoms with Gasteiger partial charge >= 0.3 is 12.0 Å². The Morgan fingerprint density at radius 2 is 2.00 bits per heavy atom. The first-order valence-corrected chi connectivity index (χ1v) is 6.84. The minimum absolute atomic E-state index is 0.144. The maximum absolute atomic E-state index is 11.4. The lowest BCUT2D eigenvalue weighted by molar-refractivity contribution is -0.137. The molecule has 1 fully saturated rings. The summed E-state index contributed by atoms with van der Waals surface area (Å²) in [7, 11) is 0. The highest BCUT2D eigenvalue weighted by Gasteiger charge is 2.16. The van der Waals surface area contributed by atoms with Crippen LogP contribution < -0.4 is 16.0 Å². The summed E-state index contributed by atoms with van der Waals surface area (Å²) in [5.74, 6) is 0.369. The van der Waals surface area contributed by atoms with E-state index in [9.17, 15) is 14.4 Å². The van der Waals surface area contributed by atoms with E-state index in [4.69, 9.17) is 5.11 Å². The Kier molecular flexibility index (Phi) is 6.34. The fourth-order valence-electron chi connectivity index (χ4n) is 1.49. The van der Waals surface area contributed by atoms with Gasteiger partial charge in [-0.05, 0) is 18.6 Å². The molecule has 1 aliphatic heterocycles. The summed E-state index contributed by atoms with van der Waals surface area (Å²) < 4.78 is 0. The SMILES string of the molecule is O=C(O)CNC(=O)CNC(=O)NC1CCCSC1. The number of carboxylic acids is 1. The van der Waals surface area contributed by atoms with Crippen LogP contribution in [0.15, 0.2) is 0 Å². The van der Waals surface area contributed by atoms with E-state index in [2.05, 4.69) is 16.0 Å². The van der Waals surface area contributed by atoms with Crippen LogP contribution in [0.1, 0.15) is 12.8 Å². The molecule has 7 nitrogen and oxygen atoms in total. The number of rotatable bonds is 5. The Balaban J connectivity index is 2.12. The van der Waals surface area contributed by atoms with Gasteiger partial charge in [0.2, 0.25) is 5.91 Å². The predicted octanol–water partition coefficient (Wildman–Crippen LogP) is -0.618. The number of amides is 3. The number of carboxylic acid groups (broad SMARTS) is 1. The van der Waals surface area contributed by atoms with Crippen molar-refractivity contribution in [3.05, 3.63) is 0 Å². The molecule has 0 spiro atoms. The smallest absolute Gasteiger partial charge is 0.322 e. The minimum atomic E-state index is -1.12. The molecule has 0 bridgehead atoms. The van der Waals surface area contributed by atoms with Crippen LogP contribution in [0.25, 0.3) is 0 Å². The zero-order valence-corrected chi connectivity index (χ0v) is 10.7. The second-order valence-corrected chi connectivity index (χ2v) is 5.06. The molecule has 102 valence electrons. The van der Waals surface area contributed by atoms with Crippen molar-refractivity contribution in [3.63, 3.8) is 0 Å². The van der Waals surface area contributed by atoms with Gasteiger partial charge in [0.25, 0.3) is 0 Å². The molecule has 1 saturated heterocycles. The summed E-state index contributed by atoms with van der Waals surface area (Å²) in [5.41, 5.74) is 0. The lowest BCUT2D eigenvalue weighted by Crippen LogP contribution is -2.47. The van der Waals surface area contributed by atoms with Crippen molar-refractivity contribution in [2.24, 2.45) is 0 Å². The standard InChI is InChI=1S/C10H17N3O4S/c14-8(11-5-9(15)16)4-12-10(17)13-7-2-1-3-18-6-7/h7H,1-6H2,(H,11,14)(H,15,16)(H2,12,13,17). The van der Waals surface area contributed by atoms with E-state index in [1.54, 1.807) is 11.8 Å². The van der Waals surface area contributed by atoms with Gasteiger partial charge in [0.15, 0.2) is 0 Å². The molecular formula is C10H17N3O4S. The van der Waals surface area contributed by atoms with Gasteiger partial charge in [0.1, 0.15) is 6.54 Å². The first kappa shape index (κ1) is 14.6. The summed E-state index contributed by atoms with van der Waals surface area (Å²) in [6, 6.07) is -0.251. The van der Waals surface area contributed by atoms with E-state index < -0.39 is 24.5 Å². The molecule has 0 aromatic carbocycles. The molecule has 1 aliphatic rings. The highest BCUT2D eigenvalue weighted by atomic mass is 32.2. The molecule has 1 rings (SSSR count). The van der Waals surface area contributed by atoms with Gasteiger partial charge in [-0.1, -0.05) is 0 Å². The second-order valence-electron chi connectivity index (χ2n) is 3.91. The average Bonchev–Trinajstić information content (AvgIpc) is 2.35. The number of thioether (sulfide) groups is 1. The van der Waals surface area contributed by atoms with Crippen molar-refractivity contribution in [2.75, 3.05) is 24.6 Å². The Morgan fingerprint density at radius 3 is 2.61 bits per heavy atom. The maximum atomic E-state index is 11.4. The molecule has 0 radical (unpaired) electrons. The quantitative estimate of drug-likeness (QED) is 0.535. The summed E-state index contributed by atoms with van der Waals surface area (Å²) in [4.78, 5) is 32.7. The van der Waals surface area contributed by atoms with E-state index in [1.807, 2.05) is 0 Å². The summed E-state index contributed by atoms with van der Waals surface area (Å²) in [5, 5.41) is 15.7. The van der Waals surface area contributed by atoms with Crippen LogP contribution in [0.4, 0.5) is 4.79 Å². The number of urea groups is 1. The molecule has 4 N–H and O–H groups in total. The summed E-state index contributed by atoms with van der Waals surface area (Å²) >= 11 is 1.79. The molecule has 0 aromatic heterocycles. The Bertz CT molecular complexity index is 318. The van der Waals surface area contributed by atoms with E-state index in [0.29, 0.717) is 0 Å². The third kappa shape index (κ3) is 6.33. The lowest BCUT2D eigenvalue weighted by atomic mass is 10.2. The van der Waals surface area contributed by atoms with Crippen molar-refractivity contribution in [3.8, 4) is 0 Å². The topological polar surface area (TPSA) is 108 Å². The lowest BCUT2D eigenvalue weighted by Gasteiger charge is -2.22. The van der Waals surface area contributed by atoms with Crippen LogP contribution in [0.5, 0.6) is 0 Å². The van der Waals surface area contributed by atoms with Gasteiger partial charge in [-0.2, -0.15) is 11.8 Å². The molecule has 0 aliphatic carbocycles. The van der Waals surface area contributed by atoms with Crippen LogP contribution in [0, 0.1) is 0 Å². The summed E-state index contributed by atoms with van der Waals surface area (Å²) in [6.45, 7) is -0.666. The van der Waals surface area contributed by atoms with Crippen molar-refractivity contribution in [2.45, 2.75) is 18.9 Å². The monoisotopic (exact) mass is 275 g/mol.